The highest BCUT2D eigenvalue weighted by Gasteiger charge is 2.37. The Hall–Kier alpha value is -0.670. The van der Waals surface area contributed by atoms with Crippen LogP contribution in [-0.2, 0) is 18.6 Å². The summed E-state index contributed by atoms with van der Waals surface area (Å²) in [6.07, 6.45) is 0. The normalized spacial score (nSPS) is 14.6. The van der Waals surface area contributed by atoms with E-state index in [-0.39, 0.29) is 0 Å². The lowest BCUT2D eigenvalue weighted by Gasteiger charge is -2.26. The summed E-state index contributed by atoms with van der Waals surface area (Å²) in [7, 11) is -3.18. The highest BCUT2D eigenvalue weighted by molar-refractivity contribution is 7.67. The van der Waals surface area contributed by atoms with Crippen LogP contribution in [0.1, 0.15) is 26.3 Å². The van der Waals surface area contributed by atoms with Crippen LogP contribution in [0.2, 0.25) is 0 Å². The van der Waals surface area contributed by atoms with Crippen molar-refractivity contribution >= 4 is 12.7 Å². The second kappa shape index (κ2) is 7.81. The zero-order valence-corrected chi connectivity index (χ0v) is 13.0. The lowest BCUT2D eigenvalue weighted by Crippen LogP contribution is -2.25. The molecule has 1 aromatic carbocycles. The van der Waals surface area contributed by atoms with Crippen molar-refractivity contribution < 1.29 is 18.6 Å². The second-order valence-corrected chi connectivity index (χ2v) is 6.46. The summed E-state index contributed by atoms with van der Waals surface area (Å²) in [4.78, 5) is 0. The second-order valence-electron chi connectivity index (χ2n) is 4.07. The summed E-state index contributed by atoms with van der Waals surface area (Å²) >= 11 is 0. The van der Waals surface area contributed by atoms with Gasteiger partial charge in [-0.3, -0.25) is 4.57 Å². The van der Waals surface area contributed by atoms with Crippen LogP contribution in [0.15, 0.2) is 24.3 Å². The van der Waals surface area contributed by atoms with Crippen LogP contribution in [0, 0.1) is 6.92 Å². The third-order valence-electron chi connectivity index (χ3n) is 2.61. The molecule has 0 heterocycles. The molecule has 0 amide bonds. The van der Waals surface area contributed by atoms with Crippen molar-refractivity contribution in [3.8, 4) is 0 Å². The van der Waals surface area contributed by atoms with Gasteiger partial charge in [-0.1, -0.05) is 17.7 Å². The SMILES string of the molecule is CCOC(OCC)P(=O)(OCC)c1ccc(C)cc1. The van der Waals surface area contributed by atoms with Gasteiger partial charge in [-0.2, -0.15) is 0 Å². The number of hydrogen-bond donors (Lipinski definition) is 0. The number of ether oxygens (including phenoxy) is 2. The van der Waals surface area contributed by atoms with Crippen LogP contribution in [0.4, 0.5) is 0 Å². The minimum absolute atomic E-state index is 0.349. The van der Waals surface area contributed by atoms with E-state index in [1.807, 2.05) is 52.0 Å². The van der Waals surface area contributed by atoms with Gasteiger partial charge in [0.15, 0.2) is 0 Å². The molecule has 0 aliphatic carbocycles. The predicted octanol–water partition coefficient (Wildman–Crippen LogP) is 3.29. The molecule has 0 saturated heterocycles. The van der Waals surface area contributed by atoms with E-state index in [0.29, 0.717) is 25.1 Å². The molecule has 1 aromatic rings. The molecule has 0 saturated carbocycles. The maximum atomic E-state index is 13.1. The highest BCUT2D eigenvalue weighted by Crippen LogP contribution is 2.51. The van der Waals surface area contributed by atoms with Crippen LogP contribution in [0.25, 0.3) is 0 Å². The van der Waals surface area contributed by atoms with E-state index >= 15 is 0 Å². The Morgan fingerprint density at radius 1 is 1.00 bits per heavy atom. The Bertz CT molecular complexity index is 410. The molecule has 0 aliphatic rings. The number of hydrogen-bond acceptors (Lipinski definition) is 4. The van der Waals surface area contributed by atoms with Crippen molar-refractivity contribution in [2.75, 3.05) is 19.8 Å². The van der Waals surface area contributed by atoms with Crippen molar-refractivity contribution in [3.63, 3.8) is 0 Å². The van der Waals surface area contributed by atoms with Gasteiger partial charge >= 0.3 is 0 Å². The molecule has 0 spiro atoms. The largest absolute Gasteiger partial charge is 0.344 e. The molecule has 1 unspecified atom stereocenters. The number of aryl methyl sites for hydroxylation is 1. The molecule has 4 nitrogen and oxygen atoms in total. The average Bonchev–Trinajstić information content (AvgIpc) is 2.39. The molecule has 0 aliphatic heterocycles. The zero-order valence-electron chi connectivity index (χ0n) is 12.1. The van der Waals surface area contributed by atoms with Gasteiger partial charge in [-0.05, 0) is 39.8 Å². The van der Waals surface area contributed by atoms with Crippen molar-refractivity contribution in [2.45, 2.75) is 33.7 Å². The number of benzene rings is 1. The molecule has 1 atom stereocenters. The third kappa shape index (κ3) is 4.15. The Morgan fingerprint density at radius 2 is 1.53 bits per heavy atom. The summed E-state index contributed by atoms with van der Waals surface area (Å²) in [6.45, 7) is 8.69. The lowest BCUT2D eigenvalue weighted by atomic mass is 10.2. The van der Waals surface area contributed by atoms with E-state index in [0.717, 1.165) is 5.56 Å². The molecule has 1 rings (SSSR count). The van der Waals surface area contributed by atoms with Crippen LogP contribution < -0.4 is 5.30 Å². The van der Waals surface area contributed by atoms with E-state index in [1.54, 1.807) is 0 Å². The molecule has 108 valence electrons. The Balaban J connectivity index is 3.12. The van der Waals surface area contributed by atoms with Gasteiger partial charge < -0.3 is 14.0 Å². The van der Waals surface area contributed by atoms with Crippen LogP contribution in [-0.4, -0.2) is 25.9 Å². The maximum absolute atomic E-state index is 13.1. The molecule has 0 N–H and O–H groups in total. The summed E-state index contributed by atoms with van der Waals surface area (Å²) in [6, 6.07) is 6.62. The van der Waals surface area contributed by atoms with Crippen LogP contribution in [0.3, 0.4) is 0 Å². The molecule has 5 heteroatoms. The Kier molecular flexibility index (Phi) is 6.73. The van der Waals surface area contributed by atoms with Crippen molar-refractivity contribution in [1.29, 1.82) is 0 Å². The van der Waals surface area contributed by atoms with Gasteiger partial charge in [0.1, 0.15) is 0 Å². The van der Waals surface area contributed by atoms with Gasteiger partial charge in [-0.15, -0.1) is 0 Å². The molecule has 0 fully saturated rings. The summed E-state index contributed by atoms with van der Waals surface area (Å²) in [5.41, 5.74) is 1.11. The van der Waals surface area contributed by atoms with Gasteiger partial charge in [0.2, 0.25) is 6.03 Å². The molecular formula is C14H23O4P. The predicted molar refractivity (Wildman–Crippen MR) is 77.1 cm³/mol. The summed E-state index contributed by atoms with van der Waals surface area (Å²) < 4.78 is 29.6. The van der Waals surface area contributed by atoms with Crippen molar-refractivity contribution in [1.82, 2.24) is 0 Å². The van der Waals surface area contributed by atoms with Crippen molar-refractivity contribution in [2.24, 2.45) is 0 Å². The first-order valence-electron chi connectivity index (χ1n) is 6.63. The molecule has 0 radical (unpaired) electrons. The first-order valence-corrected chi connectivity index (χ1v) is 8.32. The smallest absolute Gasteiger partial charge is 0.286 e. The zero-order chi connectivity index (χ0) is 14.3. The average molecular weight is 286 g/mol. The van der Waals surface area contributed by atoms with Gasteiger partial charge in [0.25, 0.3) is 7.37 Å². The molecular weight excluding hydrogens is 263 g/mol. The van der Waals surface area contributed by atoms with Crippen LogP contribution >= 0.6 is 7.37 Å². The lowest BCUT2D eigenvalue weighted by molar-refractivity contribution is -0.0875. The summed E-state index contributed by atoms with van der Waals surface area (Å²) in [5.74, 6) is 0. The van der Waals surface area contributed by atoms with Gasteiger partial charge in [-0.25, -0.2) is 0 Å². The topological polar surface area (TPSA) is 44.8 Å². The molecule has 0 bridgehead atoms. The quantitative estimate of drug-likeness (QED) is 0.543. The van der Waals surface area contributed by atoms with E-state index < -0.39 is 13.4 Å². The fraction of sp³-hybridized carbons (Fsp3) is 0.571. The van der Waals surface area contributed by atoms with E-state index in [2.05, 4.69) is 0 Å². The maximum Gasteiger partial charge on any atom is 0.286 e. The number of rotatable bonds is 8. The minimum Gasteiger partial charge on any atom is -0.344 e. The third-order valence-corrected chi connectivity index (χ3v) is 5.12. The molecule has 0 aromatic heterocycles. The fourth-order valence-electron chi connectivity index (χ4n) is 1.73. The van der Waals surface area contributed by atoms with Crippen molar-refractivity contribution in [3.05, 3.63) is 29.8 Å². The standard InChI is InChI=1S/C14H23O4P/c1-5-16-14(17-6-2)19(15,18-7-3)13-10-8-12(4)9-11-13/h8-11,14H,5-7H2,1-4H3. The minimum atomic E-state index is -3.18. The highest BCUT2D eigenvalue weighted by atomic mass is 31.2. The monoisotopic (exact) mass is 286 g/mol. The summed E-state index contributed by atoms with van der Waals surface area (Å²) in [5, 5.41) is 0.631. The van der Waals surface area contributed by atoms with Gasteiger partial charge in [0, 0.05) is 18.5 Å². The van der Waals surface area contributed by atoms with E-state index in [1.165, 1.54) is 0 Å². The van der Waals surface area contributed by atoms with Crippen LogP contribution in [0.5, 0.6) is 0 Å². The Labute approximate surface area is 115 Å². The fourth-order valence-corrected chi connectivity index (χ4v) is 3.88. The van der Waals surface area contributed by atoms with E-state index in [4.69, 9.17) is 14.0 Å². The molecule has 19 heavy (non-hydrogen) atoms. The van der Waals surface area contributed by atoms with E-state index in [9.17, 15) is 4.57 Å². The van der Waals surface area contributed by atoms with Gasteiger partial charge in [0.05, 0.1) is 6.61 Å². The Morgan fingerprint density at radius 3 is 1.95 bits per heavy atom. The first kappa shape index (κ1) is 16.4. The first-order chi connectivity index (χ1) is 9.08.